The van der Waals surface area contributed by atoms with E-state index >= 15 is 0 Å². The molecular formula is C23H31F9O3. The number of carbonyl (C=O) groups excluding carboxylic acids is 1. The highest BCUT2D eigenvalue weighted by Crippen LogP contribution is 2.50. The van der Waals surface area contributed by atoms with Crippen LogP contribution < -0.4 is 0 Å². The highest BCUT2D eigenvalue weighted by molar-refractivity contribution is 5.77. The van der Waals surface area contributed by atoms with E-state index in [1.807, 2.05) is 6.92 Å². The van der Waals surface area contributed by atoms with Crippen LogP contribution in [0.15, 0.2) is 24.3 Å². The Balaban J connectivity index is 0.000000691. The van der Waals surface area contributed by atoms with Crippen molar-refractivity contribution in [3.8, 4) is 0 Å². The molecule has 0 aliphatic rings. The van der Waals surface area contributed by atoms with Crippen molar-refractivity contribution in [1.82, 2.24) is 0 Å². The van der Waals surface area contributed by atoms with E-state index < -0.39 is 46.7 Å². The molecule has 0 radical (unpaired) electrons. The van der Waals surface area contributed by atoms with E-state index in [0.717, 1.165) is 6.92 Å². The molecule has 0 saturated carbocycles. The fourth-order valence-electron chi connectivity index (χ4n) is 2.63. The zero-order chi connectivity index (χ0) is 28.3. The van der Waals surface area contributed by atoms with Crippen LogP contribution >= 0.6 is 0 Å². The number of carbonyl (C=O) groups is 1. The van der Waals surface area contributed by atoms with Crippen LogP contribution in [-0.2, 0) is 15.1 Å². The largest absolute Gasteiger partial charge is 0.459 e. The van der Waals surface area contributed by atoms with Crippen LogP contribution in [0.5, 0.6) is 0 Å². The number of alkyl halides is 9. The lowest BCUT2D eigenvalue weighted by atomic mass is 9.86. The van der Waals surface area contributed by atoms with Crippen molar-refractivity contribution in [2.75, 3.05) is 0 Å². The van der Waals surface area contributed by atoms with Crippen molar-refractivity contribution >= 4 is 5.97 Å². The lowest BCUT2D eigenvalue weighted by Gasteiger charge is -2.32. The number of benzene rings is 1. The number of halogens is 9. The Hall–Kier alpha value is -1.98. The molecule has 0 saturated heterocycles. The molecular weight excluding hydrogens is 495 g/mol. The van der Waals surface area contributed by atoms with Crippen molar-refractivity contribution in [2.45, 2.75) is 97.0 Å². The number of ether oxygens (including phenoxy) is 1. The first-order valence-corrected chi connectivity index (χ1v) is 10.7. The number of esters is 1. The van der Waals surface area contributed by atoms with Gasteiger partial charge in [0.05, 0.1) is 0 Å². The Morgan fingerprint density at radius 3 is 1.49 bits per heavy atom. The lowest BCUT2D eigenvalue weighted by molar-refractivity contribution is -0.376. The third-order valence-corrected chi connectivity index (χ3v) is 5.51. The fourth-order valence-corrected chi connectivity index (χ4v) is 2.63. The first-order chi connectivity index (χ1) is 15.4. The van der Waals surface area contributed by atoms with Gasteiger partial charge in [-0.3, -0.25) is 4.79 Å². The summed E-state index contributed by atoms with van der Waals surface area (Å²) in [6.45, 7) is 10.4. The van der Waals surface area contributed by atoms with Crippen LogP contribution in [-0.4, -0.2) is 35.2 Å². The molecule has 0 aliphatic carbocycles. The lowest BCUT2D eigenvalue weighted by Crippen LogP contribution is -2.53. The van der Waals surface area contributed by atoms with Crippen LogP contribution in [0.3, 0.4) is 0 Å². The second-order valence-electron chi connectivity index (χ2n) is 9.32. The quantitative estimate of drug-likeness (QED) is 0.314. The van der Waals surface area contributed by atoms with Gasteiger partial charge in [-0.2, -0.15) is 39.5 Å². The summed E-state index contributed by atoms with van der Waals surface area (Å²) >= 11 is 0. The van der Waals surface area contributed by atoms with Gasteiger partial charge in [0.25, 0.3) is 5.60 Å². The molecule has 0 heterocycles. The average Bonchev–Trinajstić information content (AvgIpc) is 2.68. The molecule has 1 aromatic rings. The SMILES string of the molecule is CCC(C)(C(=O)OC(C)(C)C)C(F)(F)F.CCC(C)c1ccc(C(O)(C(F)(F)F)C(F)(F)F)cc1. The van der Waals surface area contributed by atoms with Gasteiger partial charge < -0.3 is 9.84 Å². The molecule has 0 spiro atoms. The van der Waals surface area contributed by atoms with Crippen LogP contribution in [0.4, 0.5) is 39.5 Å². The molecule has 0 amide bonds. The molecule has 2 atom stereocenters. The average molecular weight is 526 g/mol. The van der Waals surface area contributed by atoms with E-state index in [4.69, 9.17) is 4.74 Å². The first kappa shape index (κ1) is 33.0. The summed E-state index contributed by atoms with van der Waals surface area (Å²) < 4.78 is 118. The number of aliphatic hydroxyl groups is 1. The third kappa shape index (κ3) is 7.75. The third-order valence-electron chi connectivity index (χ3n) is 5.51. The van der Waals surface area contributed by atoms with Crippen LogP contribution in [0.2, 0.25) is 0 Å². The molecule has 0 bridgehead atoms. The second-order valence-corrected chi connectivity index (χ2v) is 9.32. The predicted octanol–water partition coefficient (Wildman–Crippen LogP) is 7.82. The maximum absolute atomic E-state index is 12.6. The smallest absolute Gasteiger partial charge is 0.430 e. The van der Waals surface area contributed by atoms with E-state index in [1.54, 1.807) is 6.92 Å². The summed E-state index contributed by atoms with van der Waals surface area (Å²) in [5.74, 6) is -1.21. The van der Waals surface area contributed by atoms with Gasteiger partial charge in [-0.15, -0.1) is 0 Å². The molecule has 0 fully saturated rings. The van der Waals surface area contributed by atoms with Gasteiger partial charge in [0, 0.05) is 5.56 Å². The zero-order valence-corrected chi connectivity index (χ0v) is 20.5. The second kappa shape index (κ2) is 11.0. The molecule has 12 heteroatoms. The van der Waals surface area contributed by atoms with Crippen LogP contribution in [0.1, 0.15) is 78.4 Å². The maximum Gasteiger partial charge on any atom is 0.430 e. The van der Waals surface area contributed by atoms with E-state index in [-0.39, 0.29) is 12.3 Å². The summed E-state index contributed by atoms with van der Waals surface area (Å²) in [5.41, 5.74) is -8.79. The first-order valence-electron chi connectivity index (χ1n) is 10.7. The van der Waals surface area contributed by atoms with Crippen molar-refractivity contribution < 1.29 is 54.2 Å². The minimum Gasteiger partial charge on any atom is -0.459 e. The summed E-state index contributed by atoms with van der Waals surface area (Å²) in [6.07, 6.45) is -15.9. The van der Waals surface area contributed by atoms with Gasteiger partial charge in [0.2, 0.25) is 0 Å². The summed E-state index contributed by atoms with van der Waals surface area (Å²) in [7, 11) is 0. The highest BCUT2D eigenvalue weighted by Gasteiger charge is 2.71. The van der Waals surface area contributed by atoms with Gasteiger partial charge in [0.15, 0.2) is 5.41 Å². The summed E-state index contributed by atoms with van der Waals surface area (Å²) in [6, 6.07) is 3.68. The zero-order valence-electron chi connectivity index (χ0n) is 20.5. The molecule has 2 unspecified atom stereocenters. The van der Waals surface area contributed by atoms with Gasteiger partial charge >= 0.3 is 24.5 Å². The van der Waals surface area contributed by atoms with E-state index in [1.165, 1.54) is 39.8 Å². The van der Waals surface area contributed by atoms with E-state index in [2.05, 4.69) is 0 Å². The Kier molecular flexibility index (Phi) is 10.3. The molecule has 1 aromatic carbocycles. The topological polar surface area (TPSA) is 46.5 Å². The Morgan fingerprint density at radius 2 is 1.23 bits per heavy atom. The van der Waals surface area contributed by atoms with Gasteiger partial charge in [0.1, 0.15) is 5.60 Å². The normalized spacial score (nSPS) is 16.0. The van der Waals surface area contributed by atoms with Gasteiger partial charge in [-0.25, -0.2) is 0 Å². The van der Waals surface area contributed by atoms with Crippen molar-refractivity contribution in [3.05, 3.63) is 35.4 Å². The van der Waals surface area contributed by atoms with Crippen molar-refractivity contribution in [2.24, 2.45) is 5.41 Å². The fraction of sp³-hybridized carbons (Fsp3) is 0.696. The molecule has 1 N–H and O–H groups in total. The van der Waals surface area contributed by atoms with E-state index in [9.17, 15) is 49.4 Å². The Morgan fingerprint density at radius 1 is 0.829 bits per heavy atom. The predicted molar refractivity (Wildman–Crippen MR) is 111 cm³/mol. The number of hydrogen-bond donors (Lipinski definition) is 1. The molecule has 0 aliphatic heterocycles. The van der Waals surface area contributed by atoms with Gasteiger partial charge in [-0.05, 0) is 52.0 Å². The highest BCUT2D eigenvalue weighted by atomic mass is 19.4. The Bertz CT molecular complexity index is 805. The van der Waals surface area contributed by atoms with Crippen molar-refractivity contribution in [3.63, 3.8) is 0 Å². The minimum atomic E-state index is -5.84. The number of hydrogen-bond acceptors (Lipinski definition) is 3. The summed E-state index contributed by atoms with van der Waals surface area (Å²) in [5, 5.41) is 9.19. The van der Waals surface area contributed by atoms with E-state index in [0.29, 0.717) is 24.1 Å². The van der Waals surface area contributed by atoms with Gasteiger partial charge in [-0.1, -0.05) is 45.0 Å². The maximum atomic E-state index is 12.6. The molecule has 1 rings (SSSR count). The number of rotatable bonds is 5. The molecule has 204 valence electrons. The molecule has 3 nitrogen and oxygen atoms in total. The van der Waals surface area contributed by atoms with Crippen LogP contribution in [0.25, 0.3) is 0 Å². The molecule has 35 heavy (non-hydrogen) atoms. The monoisotopic (exact) mass is 526 g/mol. The Labute approximate surface area is 198 Å². The standard InChI is InChI=1S/C13H14F6O.C10H17F3O2/c1-3-8(2)9-4-6-10(7-5-9)11(20,12(14,15)16)13(17,18)19;1-6-9(5,10(11,12)13)7(14)15-8(2,3)4/h4-8,20H,3H2,1-2H3;6H2,1-5H3. The van der Waals surface area contributed by atoms with Crippen molar-refractivity contribution in [1.29, 1.82) is 0 Å². The summed E-state index contributed by atoms with van der Waals surface area (Å²) in [4.78, 5) is 11.4. The minimum absolute atomic E-state index is 0.00826. The molecule has 0 aromatic heterocycles. The van der Waals surface area contributed by atoms with Crippen LogP contribution in [0, 0.1) is 5.41 Å².